The summed E-state index contributed by atoms with van der Waals surface area (Å²) in [6.45, 7) is 1.87. The molecule has 7 rings (SSSR count). The Morgan fingerprint density at radius 3 is 2.73 bits per heavy atom. The molecule has 0 bridgehead atoms. The van der Waals surface area contributed by atoms with Crippen LogP contribution in [0.15, 0.2) is 67.1 Å². The third-order valence-electron chi connectivity index (χ3n) is 7.70. The monoisotopic (exact) mass is 530 g/mol. The van der Waals surface area contributed by atoms with Gasteiger partial charge in [-0.25, -0.2) is 9.97 Å². The number of hydrogen-bond acceptors (Lipinski definition) is 7. The van der Waals surface area contributed by atoms with Gasteiger partial charge in [-0.05, 0) is 67.3 Å². The van der Waals surface area contributed by atoms with Crippen molar-refractivity contribution >= 4 is 22.1 Å². The molecule has 5 heterocycles. The van der Waals surface area contributed by atoms with Gasteiger partial charge in [0.2, 0.25) is 0 Å². The Labute approximate surface area is 231 Å². The van der Waals surface area contributed by atoms with E-state index in [1.165, 1.54) is 25.7 Å². The molecule has 9 heteroatoms. The van der Waals surface area contributed by atoms with Gasteiger partial charge in [-0.2, -0.15) is 5.10 Å². The maximum atomic E-state index is 5.41. The number of ether oxygens (including phenoxy) is 1. The summed E-state index contributed by atoms with van der Waals surface area (Å²) in [4.78, 5) is 22.5. The normalized spacial score (nSPS) is 13.9. The highest BCUT2D eigenvalue weighted by Crippen LogP contribution is 2.32. The number of benzene rings is 1. The zero-order valence-electron chi connectivity index (χ0n) is 22.3. The molecule has 1 aromatic carbocycles. The summed E-state index contributed by atoms with van der Waals surface area (Å²) in [5, 5.41) is 11.3. The number of aromatic nitrogens is 7. The predicted molar refractivity (Wildman–Crippen MR) is 156 cm³/mol. The van der Waals surface area contributed by atoms with Crippen LogP contribution in [0.1, 0.15) is 31.2 Å². The van der Waals surface area contributed by atoms with Gasteiger partial charge in [-0.1, -0.05) is 25.0 Å². The molecule has 0 saturated heterocycles. The zero-order valence-corrected chi connectivity index (χ0v) is 22.3. The number of H-pyrrole nitrogens is 2. The van der Waals surface area contributed by atoms with Crippen molar-refractivity contribution in [2.75, 3.05) is 13.7 Å². The lowest BCUT2D eigenvalue weighted by atomic mass is 10.1. The van der Waals surface area contributed by atoms with Crippen molar-refractivity contribution in [3.05, 3.63) is 72.7 Å². The molecular formula is C31H30N8O. The Kier molecular flexibility index (Phi) is 6.41. The van der Waals surface area contributed by atoms with Crippen LogP contribution in [0.3, 0.4) is 0 Å². The highest BCUT2D eigenvalue weighted by Gasteiger charge is 2.18. The van der Waals surface area contributed by atoms with Crippen LogP contribution < -0.4 is 10.1 Å². The zero-order chi connectivity index (χ0) is 26.9. The Hall–Kier alpha value is -4.63. The van der Waals surface area contributed by atoms with Gasteiger partial charge in [0.15, 0.2) is 11.5 Å². The van der Waals surface area contributed by atoms with E-state index in [9.17, 15) is 0 Å². The Morgan fingerprint density at radius 1 is 0.925 bits per heavy atom. The minimum absolute atomic E-state index is 0.631. The van der Waals surface area contributed by atoms with E-state index in [0.29, 0.717) is 11.5 Å². The number of rotatable bonds is 8. The molecule has 1 aliphatic rings. The molecule has 0 unspecified atom stereocenters. The second-order valence-electron chi connectivity index (χ2n) is 10.4. The van der Waals surface area contributed by atoms with Crippen molar-refractivity contribution in [1.29, 1.82) is 0 Å². The first-order valence-corrected chi connectivity index (χ1v) is 13.7. The van der Waals surface area contributed by atoms with Crippen LogP contribution in [-0.2, 0) is 6.54 Å². The van der Waals surface area contributed by atoms with Crippen LogP contribution in [0.25, 0.3) is 56.1 Å². The molecule has 40 heavy (non-hydrogen) atoms. The quantitative estimate of drug-likeness (QED) is 0.224. The van der Waals surface area contributed by atoms with Crippen molar-refractivity contribution in [3.63, 3.8) is 0 Å². The van der Waals surface area contributed by atoms with Crippen LogP contribution in [0.4, 0.5) is 0 Å². The van der Waals surface area contributed by atoms with E-state index in [4.69, 9.17) is 14.7 Å². The smallest absolute Gasteiger partial charge is 0.161 e. The van der Waals surface area contributed by atoms with Gasteiger partial charge in [0.25, 0.3) is 0 Å². The molecular weight excluding hydrogens is 500 g/mol. The average molecular weight is 531 g/mol. The van der Waals surface area contributed by atoms with E-state index in [0.717, 1.165) is 74.9 Å². The van der Waals surface area contributed by atoms with Crippen LogP contribution in [0.5, 0.6) is 5.75 Å². The lowest BCUT2D eigenvalue weighted by Crippen LogP contribution is -2.20. The van der Waals surface area contributed by atoms with E-state index in [1.54, 1.807) is 13.3 Å². The van der Waals surface area contributed by atoms with E-state index in [-0.39, 0.29) is 0 Å². The summed E-state index contributed by atoms with van der Waals surface area (Å²) < 4.78 is 5.41. The topological polar surface area (TPSA) is 117 Å². The first kappa shape index (κ1) is 24.4. The van der Waals surface area contributed by atoms with Crippen molar-refractivity contribution < 1.29 is 4.74 Å². The fourth-order valence-electron chi connectivity index (χ4n) is 5.61. The molecule has 9 nitrogen and oxygen atoms in total. The number of pyridine rings is 3. The number of methoxy groups -OCH3 is 1. The Balaban J connectivity index is 1.20. The maximum Gasteiger partial charge on any atom is 0.161 e. The van der Waals surface area contributed by atoms with Crippen LogP contribution in [-0.4, -0.2) is 48.8 Å². The van der Waals surface area contributed by atoms with Crippen LogP contribution >= 0.6 is 0 Å². The second kappa shape index (κ2) is 10.5. The number of fused-ring (bicyclic) bond motifs is 2. The van der Waals surface area contributed by atoms with Crippen molar-refractivity contribution in [3.8, 4) is 39.8 Å². The highest BCUT2D eigenvalue weighted by molar-refractivity contribution is 5.95. The summed E-state index contributed by atoms with van der Waals surface area (Å²) in [7, 11) is 1.66. The van der Waals surface area contributed by atoms with Gasteiger partial charge in [-0.3, -0.25) is 15.1 Å². The van der Waals surface area contributed by atoms with Crippen molar-refractivity contribution in [2.45, 2.75) is 32.2 Å². The first-order valence-electron chi connectivity index (χ1n) is 13.7. The Morgan fingerprint density at radius 2 is 1.82 bits per heavy atom. The van der Waals surface area contributed by atoms with E-state index in [2.05, 4.69) is 36.5 Å². The van der Waals surface area contributed by atoms with Gasteiger partial charge < -0.3 is 15.0 Å². The van der Waals surface area contributed by atoms with Gasteiger partial charge >= 0.3 is 0 Å². The third-order valence-corrected chi connectivity index (χ3v) is 7.70. The number of nitrogens with zero attached hydrogens (tertiary/aromatic N) is 5. The predicted octanol–water partition coefficient (Wildman–Crippen LogP) is 5.91. The van der Waals surface area contributed by atoms with Gasteiger partial charge in [0, 0.05) is 36.3 Å². The third kappa shape index (κ3) is 4.69. The van der Waals surface area contributed by atoms with E-state index < -0.39 is 0 Å². The van der Waals surface area contributed by atoms with Crippen LogP contribution in [0, 0.1) is 5.92 Å². The summed E-state index contributed by atoms with van der Waals surface area (Å²) in [5.41, 5.74) is 8.56. The summed E-state index contributed by atoms with van der Waals surface area (Å²) in [6.07, 6.45) is 11.0. The minimum atomic E-state index is 0.631. The fraction of sp³-hybridized carbons (Fsp3) is 0.258. The van der Waals surface area contributed by atoms with Crippen LogP contribution in [0.2, 0.25) is 0 Å². The SMILES string of the molecule is COc1cccc(-c2nccc3[nH]c(-c4n[nH]c5ccc(-c6cncc(CNCC7CCCC7)c6)nc45)nc23)c1. The van der Waals surface area contributed by atoms with Gasteiger partial charge in [-0.15, -0.1) is 0 Å². The van der Waals surface area contributed by atoms with Crippen molar-refractivity contribution in [2.24, 2.45) is 5.92 Å². The molecule has 0 atom stereocenters. The summed E-state index contributed by atoms with van der Waals surface area (Å²) >= 11 is 0. The lowest BCUT2D eigenvalue weighted by molar-refractivity contribution is 0.415. The number of nitrogens with one attached hydrogen (secondary N) is 3. The summed E-state index contributed by atoms with van der Waals surface area (Å²) in [6, 6.07) is 15.9. The van der Waals surface area contributed by atoms with Gasteiger partial charge in [0.05, 0.1) is 29.5 Å². The minimum Gasteiger partial charge on any atom is -0.497 e. The largest absolute Gasteiger partial charge is 0.497 e. The number of hydrogen-bond donors (Lipinski definition) is 3. The molecule has 0 radical (unpaired) electrons. The highest BCUT2D eigenvalue weighted by atomic mass is 16.5. The molecule has 1 saturated carbocycles. The molecule has 0 amide bonds. The molecule has 6 aromatic rings. The van der Waals surface area contributed by atoms with Crippen molar-refractivity contribution in [1.82, 2.24) is 40.4 Å². The van der Waals surface area contributed by atoms with E-state index >= 15 is 0 Å². The molecule has 3 N–H and O–H groups in total. The molecule has 1 fully saturated rings. The molecule has 1 aliphatic carbocycles. The second-order valence-corrected chi connectivity index (χ2v) is 10.4. The molecule has 200 valence electrons. The number of aromatic amines is 2. The molecule has 0 aliphatic heterocycles. The molecule has 0 spiro atoms. The fourth-order valence-corrected chi connectivity index (χ4v) is 5.61. The summed E-state index contributed by atoms with van der Waals surface area (Å²) in [5.74, 6) is 2.21. The number of imidazole rings is 1. The first-order chi connectivity index (χ1) is 19.7. The average Bonchev–Trinajstić information content (AvgIpc) is 3.76. The van der Waals surface area contributed by atoms with Gasteiger partial charge in [0.1, 0.15) is 16.8 Å². The molecule has 5 aromatic heterocycles. The lowest BCUT2D eigenvalue weighted by Gasteiger charge is -2.11. The standard InChI is InChI=1S/C31H30N8O/c1-40-23-8-4-7-21(14-23)27-28-25(11-12-34-27)36-31(37-28)30-29-26(38-39-30)10-9-24(35-29)22-13-20(17-33-18-22)16-32-15-19-5-2-3-6-19/h4,7-14,17-19,32H,2-3,5-6,15-16H2,1H3,(H,36,37)(H,38,39). The Bertz CT molecular complexity index is 1800. The maximum absolute atomic E-state index is 5.41. The van der Waals surface area contributed by atoms with E-state index in [1.807, 2.05) is 54.9 Å².